The second-order valence-corrected chi connectivity index (χ2v) is 6.55. The van der Waals surface area contributed by atoms with Gasteiger partial charge in [-0.05, 0) is 31.2 Å². The standard InChI is InChI=1S/C17H26FNO2/c1-5-21-15(20)17(12-19,11-10-16(2,3)4)13-8-6-7-9-14(13)18/h6-9H,5,10-12,19H2,1-4H3. The van der Waals surface area contributed by atoms with E-state index in [0.29, 0.717) is 12.0 Å². The van der Waals surface area contributed by atoms with Crippen LogP contribution in [0.25, 0.3) is 0 Å². The van der Waals surface area contributed by atoms with Gasteiger partial charge in [0, 0.05) is 12.1 Å². The van der Waals surface area contributed by atoms with Gasteiger partial charge in [-0.3, -0.25) is 4.79 Å². The molecule has 0 aromatic heterocycles. The highest BCUT2D eigenvalue weighted by molar-refractivity contribution is 5.83. The zero-order valence-electron chi connectivity index (χ0n) is 13.4. The lowest BCUT2D eigenvalue weighted by molar-refractivity contribution is -0.150. The monoisotopic (exact) mass is 295 g/mol. The third-order valence-corrected chi connectivity index (χ3v) is 3.71. The second kappa shape index (κ2) is 7.03. The summed E-state index contributed by atoms with van der Waals surface area (Å²) in [4.78, 5) is 12.5. The Bertz CT molecular complexity index is 482. The van der Waals surface area contributed by atoms with Crippen LogP contribution in [0.5, 0.6) is 0 Å². The summed E-state index contributed by atoms with van der Waals surface area (Å²) in [7, 11) is 0. The van der Waals surface area contributed by atoms with Gasteiger partial charge in [-0.15, -0.1) is 0 Å². The minimum atomic E-state index is -1.12. The molecule has 2 N–H and O–H groups in total. The van der Waals surface area contributed by atoms with Crippen LogP contribution in [0.4, 0.5) is 4.39 Å². The van der Waals surface area contributed by atoms with Crippen LogP contribution in [-0.2, 0) is 14.9 Å². The van der Waals surface area contributed by atoms with E-state index < -0.39 is 17.2 Å². The molecule has 1 aromatic rings. The first-order chi connectivity index (χ1) is 9.77. The van der Waals surface area contributed by atoms with Gasteiger partial charge >= 0.3 is 5.97 Å². The molecule has 1 aromatic carbocycles. The molecular weight excluding hydrogens is 269 g/mol. The van der Waals surface area contributed by atoms with Crippen molar-refractivity contribution in [3.63, 3.8) is 0 Å². The molecule has 0 aliphatic heterocycles. The largest absolute Gasteiger partial charge is 0.465 e. The van der Waals surface area contributed by atoms with Crippen LogP contribution in [0.3, 0.4) is 0 Å². The molecule has 1 rings (SSSR count). The Hall–Kier alpha value is -1.42. The maximum Gasteiger partial charge on any atom is 0.317 e. The smallest absolute Gasteiger partial charge is 0.317 e. The molecule has 0 fully saturated rings. The Labute approximate surface area is 126 Å². The third kappa shape index (κ3) is 4.27. The topological polar surface area (TPSA) is 52.3 Å². The van der Waals surface area contributed by atoms with E-state index in [9.17, 15) is 9.18 Å². The molecule has 0 radical (unpaired) electrons. The number of hydrogen-bond acceptors (Lipinski definition) is 3. The summed E-state index contributed by atoms with van der Waals surface area (Å²) < 4.78 is 19.4. The van der Waals surface area contributed by atoms with E-state index in [1.807, 2.05) is 0 Å². The minimum absolute atomic E-state index is 0.0260. The van der Waals surface area contributed by atoms with Crippen molar-refractivity contribution < 1.29 is 13.9 Å². The zero-order valence-corrected chi connectivity index (χ0v) is 13.4. The Morgan fingerprint density at radius 3 is 2.33 bits per heavy atom. The van der Waals surface area contributed by atoms with Crippen LogP contribution >= 0.6 is 0 Å². The quantitative estimate of drug-likeness (QED) is 0.818. The van der Waals surface area contributed by atoms with E-state index in [1.165, 1.54) is 6.07 Å². The lowest BCUT2D eigenvalue weighted by Gasteiger charge is -2.33. The van der Waals surface area contributed by atoms with Crippen LogP contribution in [0.15, 0.2) is 24.3 Å². The average Bonchev–Trinajstić information content (AvgIpc) is 2.41. The molecule has 0 saturated heterocycles. The zero-order chi connectivity index (χ0) is 16.1. The van der Waals surface area contributed by atoms with Gasteiger partial charge in [0.05, 0.1) is 6.61 Å². The van der Waals surface area contributed by atoms with Gasteiger partial charge in [0.2, 0.25) is 0 Å². The summed E-state index contributed by atoms with van der Waals surface area (Å²) in [6.07, 6.45) is 1.21. The molecule has 3 nitrogen and oxygen atoms in total. The Balaban J connectivity index is 3.26. The fraction of sp³-hybridized carbons (Fsp3) is 0.588. The molecule has 0 aliphatic carbocycles. The maximum absolute atomic E-state index is 14.2. The van der Waals surface area contributed by atoms with Crippen LogP contribution in [0, 0.1) is 11.2 Å². The number of esters is 1. The number of hydrogen-bond donors (Lipinski definition) is 1. The van der Waals surface area contributed by atoms with Crippen molar-refractivity contribution in [2.75, 3.05) is 13.2 Å². The molecule has 0 bridgehead atoms. The predicted molar refractivity (Wildman–Crippen MR) is 82.5 cm³/mol. The first-order valence-corrected chi connectivity index (χ1v) is 7.39. The van der Waals surface area contributed by atoms with Crippen LogP contribution in [-0.4, -0.2) is 19.1 Å². The first-order valence-electron chi connectivity index (χ1n) is 7.39. The van der Waals surface area contributed by atoms with Crippen LogP contribution in [0.1, 0.15) is 46.1 Å². The van der Waals surface area contributed by atoms with Gasteiger partial charge < -0.3 is 10.5 Å². The van der Waals surface area contributed by atoms with E-state index in [-0.39, 0.29) is 18.6 Å². The lowest BCUT2D eigenvalue weighted by atomic mass is 9.73. The van der Waals surface area contributed by atoms with E-state index in [2.05, 4.69) is 20.8 Å². The van der Waals surface area contributed by atoms with Gasteiger partial charge in [0.15, 0.2) is 0 Å². The first kappa shape index (κ1) is 17.6. The Morgan fingerprint density at radius 1 is 1.24 bits per heavy atom. The van der Waals surface area contributed by atoms with E-state index in [1.54, 1.807) is 25.1 Å². The van der Waals surface area contributed by atoms with Crippen molar-refractivity contribution in [2.24, 2.45) is 11.1 Å². The number of rotatable bonds is 6. The van der Waals surface area contributed by atoms with Crippen molar-refractivity contribution >= 4 is 5.97 Å². The number of nitrogens with two attached hydrogens (primary N) is 1. The molecule has 21 heavy (non-hydrogen) atoms. The van der Waals surface area contributed by atoms with E-state index in [4.69, 9.17) is 10.5 Å². The normalized spacial score (nSPS) is 14.6. The summed E-state index contributed by atoms with van der Waals surface area (Å²) in [5.41, 5.74) is 5.14. The molecule has 0 spiro atoms. The highest BCUT2D eigenvalue weighted by Crippen LogP contribution is 2.36. The van der Waals surface area contributed by atoms with Gasteiger partial charge in [0.25, 0.3) is 0 Å². The highest BCUT2D eigenvalue weighted by atomic mass is 19.1. The van der Waals surface area contributed by atoms with Crippen LogP contribution < -0.4 is 5.73 Å². The predicted octanol–water partition coefficient (Wildman–Crippen LogP) is 3.41. The molecule has 4 heteroatoms. The molecule has 0 saturated carbocycles. The summed E-state index contributed by atoms with van der Waals surface area (Å²) in [6.45, 7) is 8.28. The molecule has 0 aliphatic rings. The number of carbonyl (C=O) groups excluding carboxylic acids is 1. The highest BCUT2D eigenvalue weighted by Gasteiger charge is 2.42. The second-order valence-electron chi connectivity index (χ2n) is 6.55. The Morgan fingerprint density at radius 2 is 1.86 bits per heavy atom. The number of halogens is 1. The van der Waals surface area contributed by atoms with Crippen molar-refractivity contribution in [3.8, 4) is 0 Å². The van der Waals surface area contributed by atoms with Gasteiger partial charge in [0.1, 0.15) is 11.2 Å². The number of ether oxygens (including phenoxy) is 1. The van der Waals surface area contributed by atoms with Gasteiger partial charge in [-0.25, -0.2) is 4.39 Å². The molecule has 0 heterocycles. The van der Waals surface area contributed by atoms with Crippen molar-refractivity contribution in [3.05, 3.63) is 35.6 Å². The number of benzene rings is 1. The summed E-state index contributed by atoms with van der Waals surface area (Å²) in [6, 6.07) is 6.31. The van der Waals surface area contributed by atoms with E-state index in [0.717, 1.165) is 6.42 Å². The fourth-order valence-electron chi connectivity index (χ4n) is 2.35. The van der Waals surface area contributed by atoms with Crippen molar-refractivity contribution in [1.82, 2.24) is 0 Å². The SMILES string of the molecule is CCOC(=O)C(CN)(CCC(C)(C)C)c1ccccc1F. The number of carbonyl (C=O) groups is 1. The average molecular weight is 295 g/mol. The van der Waals surface area contributed by atoms with Gasteiger partial charge in [-0.2, -0.15) is 0 Å². The van der Waals surface area contributed by atoms with Crippen LogP contribution in [0.2, 0.25) is 0 Å². The summed E-state index contributed by atoms with van der Waals surface area (Å²) >= 11 is 0. The molecule has 1 unspecified atom stereocenters. The van der Waals surface area contributed by atoms with Crippen molar-refractivity contribution in [2.45, 2.75) is 46.0 Å². The van der Waals surface area contributed by atoms with Gasteiger partial charge in [-0.1, -0.05) is 39.0 Å². The minimum Gasteiger partial charge on any atom is -0.465 e. The molecule has 1 atom stereocenters. The fourth-order valence-corrected chi connectivity index (χ4v) is 2.35. The maximum atomic E-state index is 14.2. The molecule has 118 valence electrons. The third-order valence-electron chi connectivity index (χ3n) is 3.71. The Kier molecular flexibility index (Phi) is 5.90. The van der Waals surface area contributed by atoms with E-state index >= 15 is 0 Å². The molecular formula is C17H26FNO2. The van der Waals surface area contributed by atoms with Crippen molar-refractivity contribution in [1.29, 1.82) is 0 Å². The summed E-state index contributed by atoms with van der Waals surface area (Å²) in [5, 5.41) is 0. The summed E-state index contributed by atoms with van der Waals surface area (Å²) in [5.74, 6) is -0.855. The lowest BCUT2D eigenvalue weighted by Crippen LogP contribution is -2.45. The molecule has 0 amide bonds.